The monoisotopic (exact) mass is 355 g/mol. The molecule has 1 saturated carbocycles. The molecule has 1 aliphatic heterocycles. The number of amides is 1. The van der Waals surface area contributed by atoms with Crippen LogP contribution in [0.4, 0.5) is 0 Å². The van der Waals surface area contributed by atoms with Crippen LogP contribution in [0.5, 0.6) is 0 Å². The van der Waals surface area contributed by atoms with Crippen molar-refractivity contribution in [2.75, 3.05) is 39.4 Å². The average Bonchev–Trinajstić information content (AvgIpc) is 2.46. The number of nitrogens with two attached hydrogens (primary N) is 1. The Kier molecular flexibility index (Phi) is 10.6. The maximum Gasteiger partial charge on any atom is 0.240 e. The van der Waals surface area contributed by atoms with Gasteiger partial charge in [-0.3, -0.25) is 9.69 Å². The van der Waals surface area contributed by atoms with Crippen LogP contribution in [-0.2, 0) is 9.53 Å². The fourth-order valence-corrected chi connectivity index (χ4v) is 3.14. The summed E-state index contributed by atoms with van der Waals surface area (Å²) < 4.78 is 5.34. The van der Waals surface area contributed by atoms with E-state index >= 15 is 0 Å². The van der Waals surface area contributed by atoms with Crippen LogP contribution in [-0.4, -0.2) is 55.7 Å². The number of ether oxygens (including phenoxy) is 1. The zero-order valence-corrected chi connectivity index (χ0v) is 15.1. The number of halogens is 2. The summed E-state index contributed by atoms with van der Waals surface area (Å²) in [7, 11) is 0. The number of carbonyl (C=O) groups excluding carboxylic acids is 1. The van der Waals surface area contributed by atoms with Crippen LogP contribution in [0.1, 0.15) is 39.0 Å². The third-order valence-corrected chi connectivity index (χ3v) is 4.48. The molecule has 2 rings (SSSR count). The average molecular weight is 356 g/mol. The second-order valence-corrected chi connectivity index (χ2v) is 6.44. The maximum absolute atomic E-state index is 12.2. The zero-order chi connectivity index (χ0) is 14.4. The van der Waals surface area contributed by atoms with Gasteiger partial charge in [-0.05, 0) is 18.8 Å². The van der Waals surface area contributed by atoms with E-state index in [-0.39, 0.29) is 30.7 Å². The van der Waals surface area contributed by atoms with Crippen LogP contribution in [0.15, 0.2) is 0 Å². The van der Waals surface area contributed by atoms with Gasteiger partial charge >= 0.3 is 0 Å². The van der Waals surface area contributed by atoms with Gasteiger partial charge in [0.05, 0.1) is 18.8 Å². The number of hydrogen-bond acceptors (Lipinski definition) is 4. The van der Waals surface area contributed by atoms with Crippen LogP contribution in [0.3, 0.4) is 0 Å². The molecule has 5 nitrogen and oxygen atoms in total. The van der Waals surface area contributed by atoms with Gasteiger partial charge in [-0.15, -0.1) is 24.8 Å². The van der Waals surface area contributed by atoms with Crippen LogP contribution in [0, 0.1) is 5.92 Å². The van der Waals surface area contributed by atoms with E-state index in [1.165, 1.54) is 6.42 Å². The van der Waals surface area contributed by atoms with Gasteiger partial charge < -0.3 is 15.8 Å². The van der Waals surface area contributed by atoms with E-state index in [0.717, 1.165) is 65.1 Å². The molecule has 0 aromatic heterocycles. The van der Waals surface area contributed by atoms with Crippen molar-refractivity contribution in [3.8, 4) is 0 Å². The predicted molar refractivity (Wildman–Crippen MR) is 93.9 cm³/mol. The van der Waals surface area contributed by atoms with Crippen molar-refractivity contribution in [1.29, 1.82) is 0 Å². The predicted octanol–water partition coefficient (Wildman–Crippen LogP) is 1.58. The van der Waals surface area contributed by atoms with E-state index in [0.29, 0.717) is 5.92 Å². The molecule has 1 aliphatic carbocycles. The fraction of sp³-hybridized carbons (Fsp3) is 0.933. The number of nitrogens with one attached hydrogen (secondary N) is 1. The smallest absolute Gasteiger partial charge is 0.240 e. The summed E-state index contributed by atoms with van der Waals surface area (Å²) in [6.45, 7) is 7.56. The Balaban J connectivity index is 0.00000220. The van der Waals surface area contributed by atoms with Crippen molar-refractivity contribution in [2.24, 2.45) is 11.7 Å². The highest BCUT2D eigenvalue weighted by Crippen LogP contribution is 2.25. The molecule has 1 atom stereocenters. The van der Waals surface area contributed by atoms with Gasteiger partial charge in [0.2, 0.25) is 5.91 Å². The lowest BCUT2D eigenvalue weighted by Gasteiger charge is -2.33. The summed E-state index contributed by atoms with van der Waals surface area (Å²) in [4.78, 5) is 14.6. The standard InChI is InChI=1S/C15H29N3O2.2ClH/c1-13(12-18-7-9-20-10-8-18)11-17-14(19)15(16)5-3-2-4-6-15;;/h13H,2-12,16H2,1H3,(H,17,19);2*1H. The van der Waals surface area contributed by atoms with Gasteiger partial charge in [0.15, 0.2) is 0 Å². The number of rotatable bonds is 5. The van der Waals surface area contributed by atoms with Crippen molar-refractivity contribution >= 4 is 30.7 Å². The van der Waals surface area contributed by atoms with E-state index in [2.05, 4.69) is 17.1 Å². The molecule has 0 aromatic carbocycles. The molecule has 0 spiro atoms. The lowest BCUT2D eigenvalue weighted by Crippen LogP contribution is -2.55. The first-order chi connectivity index (χ1) is 9.60. The number of nitrogens with zero attached hydrogens (tertiary/aromatic N) is 1. The molecule has 0 bridgehead atoms. The second kappa shape index (κ2) is 10.7. The number of carbonyl (C=O) groups is 1. The molecule has 2 fully saturated rings. The first-order valence-electron chi connectivity index (χ1n) is 7.97. The summed E-state index contributed by atoms with van der Waals surface area (Å²) >= 11 is 0. The minimum atomic E-state index is -0.614. The minimum Gasteiger partial charge on any atom is -0.379 e. The van der Waals surface area contributed by atoms with E-state index < -0.39 is 5.54 Å². The molecule has 0 aromatic rings. The number of morpholine rings is 1. The van der Waals surface area contributed by atoms with Crippen LogP contribution in [0.2, 0.25) is 0 Å². The first-order valence-corrected chi connectivity index (χ1v) is 7.97. The first kappa shape index (κ1) is 21.9. The van der Waals surface area contributed by atoms with E-state index in [1.807, 2.05) is 0 Å². The summed E-state index contributed by atoms with van der Waals surface area (Å²) in [6.07, 6.45) is 5.02. The fourth-order valence-electron chi connectivity index (χ4n) is 3.14. The summed E-state index contributed by atoms with van der Waals surface area (Å²) in [5.41, 5.74) is 5.62. The molecule has 1 saturated heterocycles. The molecule has 1 heterocycles. The highest BCUT2D eigenvalue weighted by atomic mass is 35.5. The molecule has 22 heavy (non-hydrogen) atoms. The highest BCUT2D eigenvalue weighted by Gasteiger charge is 2.35. The third-order valence-electron chi connectivity index (χ3n) is 4.48. The summed E-state index contributed by atoms with van der Waals surface area (Å²) in [6, 6.07) is 0. The van der Waals surface area contributed by atoms with Gasteiger partial charge in [0, 0.05) is 26.2 Å². The molecule has 0 radical (unpaired) electrons. The molecular weight excluding hydrogens is 325 g/mol. The molecule has 7 heteroatoms. The van der Waals surface area contributed by atoms with Crippen LogP contribution < -0.4 is 11.1 Å². The van der Waals surface area contributed by atoms with Gasteiger partial charge in [0.1, 0.15) is 0 Å². The molecular formula is C15H31Cl2N3O2. The van der Waals surface area contributed by atoms with Crippen LogP contribution >= 0.6 is 24.8 Å². The van der Waals surface area contributed by atoms with Gasteiger partial charge in [0.25, 0.3) is 0 Å². The van der Waals surface area contributed by atoms with Crippen molar-refractivity contribution in [2.45, 2.75) is 44.6 Å². The number of hydrogen-bond donors (Lipinski definition) is 2. The Morgan fingerprint density at radius 3 is 2.41 bits per heavy atom. The largest absolute Gasteiger partial charge is 0.379 e. The van der Waals surface area contributed by atoms with Crippen LogP contribution in [0.25, 0.3) is 0 Å². The molecule has 2 aliphatic rings. The van der Waals surface area contributed by atoms with Crippen molar-refractivity contribution in [1.82, 2.24) is 10.2 Å². The van der Waals surface area contributed by atoms with Gasteiger partial charge in [-0.25, -0.2) is 0 Å². The molecule has 1 unspecified atom stereocenters. The Morgan fingerprint density at radius 1 is 1.23 bits per heavy atom. The minimum absolute atomic E-state index is 0. The van der Waals surface area contributed by atoms with E-state index in [4.69, 9.17) is 10.5 Å². The topological polar surface area (TPSA) is 67.6 Å². The van der Waals surface area contributed by atoms with Gasteiger partial charge in [-0.2, -0.15) is 0 Å². The second-order valence-electron chi connectivity index (χ2n) is 6.44. The third kappa shape index (κ3) is 6.59. The Morgan fingerprint density at radius 2 is 1.82 bits per heavy atom. The summed E-state index contributed by atoms with van der Waals surface area (Å²) in [5, 5.41) is 3.06. The highest BCUT2D eigenvalue weighted by molar-refractivity contribution is 5.86. The Labute approximate surface area is 146 Å². The molecule has 132 valence electrons. The SMILES string of the molecule is CC(CNC(=O)C1(N)CCCCC1)CN1CCOCC1.Cl.Cl. The molecule has 3 N–H and O–H groups in total. The van der Waals surface area contributed by atoms with Gasteiger partial charge in [-0.1, -0.05) is 26.2 Å². The van der Waals surface area contributed by atoms with Crippen molar-refractivity contribution in [3.63, 3.8) is 0 Å². The molecule has 1 amide bonds. The van der Waals surface area contributed by atoms with Crippen molar-refractivity contribution in [3.05, 3.63) is 0 Å². The Bertz CT molecular complexity index is 320. The normalized spacial score (nSPS) is 22.8. The van der Waals surface area contributed by atoms with E-state index in [1.54, 1.807) is 0 Å². The maximum atomic E-state index is 12.2. The van der Waals surface area contributed by atoms with Crippen molar-refractivity contribution < 1.29 is 9.53 Å². The quantitative estimate of drug-likeness (QED) is 0.785. The summed E-state index contributed by atoms with van der Waals surface area (Å²) in [5.74, 6) is 0.496. The lowest BCUT2D eigenvalue weighted by molar-refractivity contribution is -0.127. The lowest BCUT2D eigenvalue weighted by atomic mass is 9.82. The zero-order valence-electron chi connectivity index (χ0n) is 13.5. The Hall–Kier alpha value is -0.0700. The van der Waals surface area contributed by atoms with E-state index in [9.17, 15) is 4.79 Å².